The summed E-state index contributed by atoms with van der Waals surface area (Å²) in [6.45, 7) is 0.108. The number of anilines is 1. The van der Waals surface area contributed by atoms with Crippen LogP contribution in [0.4, 0.5) is 10.1 Å². The number of rotatable bonds is 7. The number of nitriles is 1. The van der Waals surface area contributed by atoms with Crippen LogP contribution in [0.1, 0.15) is 36.2 Å². The lowest BCUT2D eigenvalue weighted by molar-refractivity contribution is -0.136. The Morgan fingerprint density at radius 2 is 1.95 bits per heavy atom. The van der Waals surface area contributed by atoms with Gasteiger partial charge in [0.1, 0.15) is 23.6 Å². The Labute approximate surface area is 214 Å². The zero-order valence-electron chi connectivity index (χ0n) is 20.5. The Balaban J connectivity index is 1.34. The Morgan fingerprint density at radius 3 is 2.62 bits per heavy atom. The molecule has 37 heavy (non-hydrogen) atoms. The summed E-state index contributed by atoms with van der Waals surface area (Å²) in [5, 5.41) is 12.9. The number of aromatic nitrogens is 1. The normalized spacial score (nSPS) is 19.9. The molecule has 190 valence electrons. The molecule has 2 fully saturated rings. The first-order valence-corrected chi connectivity index (χ1v) is 12.5. The molecule has 9 heteroatoms. The average molecular weight is 502 g/mol. The Hall–Kier alpha value is -4.19. The van der Waals surface area contributed by atoms with Crippen molar-refractivity contribution in [3.05, 3.63) is 66.1 Å². The third-order valence-corrected chi connectivity index (χ3v) is 7.31. The molecule has 3 aromatic rings. The van der Waals surface area contributed by atoms with E-state index in [9.17, 15) is 24.0 Å². The lowest BCUT2D eigenvalue weighted by Crippen LogP contribution is -2.51. The fourth-order valence-electron chi connectivity index (χ4n) is 5.01. The van der Waals surface area contributed by atoms with Gasteiger partial charge in [0, 0.05) is 30.2 Å². The van der Waals surface area contributed by atoms with Gasteiger partial charge in [-0.05, 0) is 49.1 Å². The number of carbonyl (C=O) groups excluding carboxylic acids is 3. The minimum atomic E-state index is -0.789. The van der Waals surface area contributed by atoms with Crippen LogP contribution in [0.3, 0.4) is 0 Å². The molecule has 2 aromatic carbocycles. The topological polar surface area (TPSA) is 109 Å². The van der Waals surface area contributed by atoms with Crippen molar-refractivity contribution >= 4 is 34.3 Å². The Kier molecular flexibility index (Phi) is 6.66. The molecule has 3 unspecified atom stereocenters. The van der Waals surface area contributed by atoms with E-state index in [0.717, 1.165) is 12.8 Å². The lowest BCUT2D eigenvalue weighted by Gasteiger charge is -2.32. The monoisotopic (exact) mass is 501 g/mol. The molecule has 1 aliphatic carbocycles. The van der Waals surface area contributed by atoms with Crippen molar-refractivity contribution in [2.75, 3.05) is 18.9 Å². The van der Waals surface area contributed by atoms with Gasteiger partial charge >= 0.3 is 0 Å². The number of hydrogen-bond acceptors (Lipinski definition) is 4. The van der Waals surface area contributed by atoms with Gasteiger partial charge in [-0.1, -0.05) is 37.1 Å². The highest BCUT2D eigenvalue weighted by molar-refractivity contribution is 6.00. The zero-order valence-corrected chi connectivity index (χ0v) is 20.5. The smallest absolute Gasteiger partial charge is 0.270 e. The minimum Gasteiger partial charge on any atom is -0.350 e. The van der Waals surface area contributed by atoms with Gasteiger partial charge in [-0.3, -0.25) is 14.4 Å². The number of H-pyrrole nitrogens is 1. The number of likely N-dealkylation sites (tertiary alicyclic amines) is 1. The maximum atomic E-state index is 14.2. The molecule has 2 N–H and O–H groups in total. The first-order valence-electron chi connectivity index (χ1n) is 12.5. The molecular formula is C28H28FN5O3. The molecule has 1 saturated heterocycles. The summed E-state index contributed by atoms with van der Waals surface area (Å²) in [6, 6.07) is 15.7. The van der Waals surface area contributed by atoms with Crippen LogP contribution in [0.15, 0.2) is 54.6 Å². The first-order chi connectivity index (χ1) is 17.9. The standard InChI is InChI=1S/C28H28FN5O3/c1-33(27(36)24-14-21-22(29)8-5-9-23(21)32-24)25(12-17-10-11-17)28(37)34-16-18(13-20(34)15-30)26(35)31-19-6-3-2-4-7-19/h2-9,14,17-18,20,25,32H,10-13,16H2,1H3,(H,31,35). The average Bonchev–Trinajstić information content (AvgIpc) is 3.44. The van der Waals surface area contributed by atoms with Crippen LogP contribution in [0, 0.1) is 29.0 Å². The number of fused-ring (bicyclic) bond motifs is 1. The summed E-state index contributed by atoms with van der Waals surface area (Å²) in [5.74, 6) is -1.66. The van der Waals surface area contributed by atoms with Crippen molar-refractivity contribution in [1.82, 2.24) is 14.8 Å². The minimum absolute atomic E-state index is 0.108. The van der Waals surface area contributed by atoms with Crippen molar-refractivity contribution in [2.24, 2.45) is 11.8 Å². The van der Waals surface area contributed by atoms with E-state index in [1.54, 1.807) is 31.3 Å². The molecule has 1 saturated carbocycles. The van der Waals surface area contributed by atoms with E-state index in [1.165, 1.54) is 21.9 Å². The molecule has 8 nitrogen and oxygen atoms in total. The van der Waals surface area contributed by atoms with Gasteiger partial charge in [-0.25, -0.2) is 4.39 Å². The second kappa shape index (κ2) is 10.1. The van der Waals surface area contributed by atoms with Crippen LogP contribution in [0.5, 0.6) is 0 Å². The van der Waals surface area contributed by atoms with Crippen molar-refractivity contribution < 1.29 is 18.8 Å². The highest BCUT2D eigenvalue weighted by Crippen LogP contribution is 2.36. The fourth-order valence-corrected chi connectivity index (χ4v) is 5.01. The largest absolute Gasteiger partial charge is 0.350 e. The number of hydrogen-bond donors (Lipinski definition) is 2. The summed E-state index contributed by atoms with van der Waals surface area (Å²) in [4.78, 5) is 45.8. The summed E-state index contributed by atoms with van der Waals surface area (Å²) >= 11 is 0. The SMILES string of the molecule is CN(C(=O)c1cc2c(F)cccc2[nH]1)C(CC1CC1)C(=O)N1CC(C(=O)Nc2ccccc2)CC1C#N. The number of carbonyl (C=O) groups is 3. The number of amides is 3. The second-order valence-electron chi connectivity index (χ2n) is 9.92. The summed E-state index contributed by atoms with van der Waals surface area (Å²) in [7, 11) is 1.56. The Morgan fingerprint density at radius 1 is 1.19 bits per heavy atom. The molecule has 3 atom stereocenters. The van der Waals surface area contributed by atoms with E-state index in [4.69, 9.17) is 0 Å². The van der Waals surface area contributed by atoms with Crippen molar-refractivity contribution in [3.63, 3.8) is 0 Å². The van der Waals surface area contributed by atoms with Crippen molar-refractivity contribution in [2.45, 2.75) is 37.8 Å². The van der Waals surface area contributed by atoms with Gasteiger partial charge in [0.25, 0.3) is 5.91 Å². The number of benzene rings is 2. The summed E-state index contributed by atoms with van der Waals surface area (Å²) in [6.07, 6.45) is 2.67. The molecule has 3 amide bonds. The predicted octanol–water partition coefficient (Wildman–Crippen LogP) is 3.93. The molecule has 2 aliphatic rings. The van der Waals surface area contributed by atoms with Crippen molar-refractivity contribution in [3.8, 4) is 6.07 Å². The third kappa shape index (κ3) is 5.05. The molecule has 1 aromatic heterocycles. The van der Waals surface area contributed by atoms with Crippen LogP contribution >= 0.6 is 0 Å². The van der Waals surface area contributed by atoms with Crippen LogP contribution in [-0.4, -0.2) is 58.2 Å². The van der Waals surface area contributed by atoms with Crippen LogP contribution in [-0.2, 0) is 9.59 Å². The van der Waals surface area contributed by atoms with Gasteiger partial charge < -0.3 is 20.1 Å². The molecule has 0 bridgehead atoms. The van der Waals surface area contributed by atoms with E-state index < -0.39 is 29.7 Å². The fraction of sp³-hybridized carbons (Fsp3) is 0.357. The number of para-hydroxylation sites is 1. The van der Waals surface area contributed by atoms with E-state index in [1.807, 2.05) is 18.2 Å². The quantitative estimate of drug-likeness (QED) is 0.511. The van der Waals surface area contributed by atoms with Gasteiger partial charge in [0.15, 0.2) is 0 Å². The molecular weight excluding hydrogens is 473 g/mol. The number of nitrogens with zero attached hydrogens (tertiary/aromatic N) is 3. The molecule has 1 aliphatic heterocycles. The Bertz CT molecular complexity index is 1380. The number of likely N-dealkylation sites (N-methyl/N-ethyl adjacent to an activating group) is 1. The lowest BCUT2D eigenvalue weighted by atomic mass is 10.1. The first kappa shape index (κ1) is 24.5. The highest BCUT2D eigenvalue weighted by atomic mass is 19.1. The third-order valence-electron chi connectivity index (χ3n) is 7.31. The van der Waals surface area contributed by atoms with E-state index in [-0.39, 0.29) is 30.5 Å². The highest BCUT2D eigenvalue weighted by Gasteiger charge is 2.44. The second-order valence-corrected chi connectivity index (χ2v) is 9.92. The molecule has 0 radical (unpaired) electrons. The van der Waals surface area contributed by atoms with Gasteiger partial charge in [-0.2, -0.15) is 5.26 Å². The zero-order chi connectivity index (χ0) is 26.1. The molecule has 5 rings (SSSR count). The van der Waals surface area contributed by atoms with Gasteiger partial charge in [0.05, 0.1) is 12.0 Å². The van der Waals surface area contributed by atoms with Gasteiger partial charge in [0.2, 0.25) is 11.8 Å². The molecule has 2 heterocycles. The van der Waals surface area contributed by atoms with Crippen LogP contribution in [0.25, 0.3) is 10.9 Å². The van der Waals surface area contributed by atoms with E-state index in [2.05, 4.69) is 16.4 Å². The van der Waals surface area contributed by atoms with Crippen LogP contribution in [0.2, 0.25) is 0 Å². The summed E-state index contributed by atoms with van der Waals surface area (Å²) in [5.41, 5.74) is 1.34. The number of aromatic amines is 1. The maximum absolute atomic E-state index is 14.2. The van der Waals surface area contributed by atoms with Gasteiger partial charge in [-0.15, -0.1) is 0 Å². The predicted molar refractivity (Wildman–Crippen MR) is 136 cm³/mol. The number of nitrogens with one attached hydrogen (secondary N) is 2. The van der Waals surface area contributed by atoms with E-state index in [0.29, 0.717) is 28.9 Å². The number of halogens is 1. The van der Waals surface area contributed by atoms with Crippen LogP contribution < -0.4 is 5.32 Å². The summed E-state index contributed by atoms with van der Waals surface area (Å²) < 4.78 is 14.2. The molecule has 0 spiro atoms. The van der Waals surface area contributed by atoms with E-state index >= 15 is 0 Å². The maximum Gasteiger partial charge on any atom is 0.270 e. The van der Waals surface area contributed by atoms with Crippen molar-refractivity contribution in [1.29, 1.82) is 5.26 Å².